The summed E-state index contributed by atoms with van der Waals surface area (Å²) in [5.41, 5.74) is 13.1. The molecule has 1 saturated carbocycles. The van der Waals surface area contributed by atoms with E-state index in [1.165, 1.54) is 83.1 Å². The van der Waals surface area contributed by atoms with Gasteiger partial charge in [-0.25, -0.2) is 0 Å². The van der Waals surface area contributed by atoms with Crippen LogP contribution in [-0.2, 0) is 12.8 Å². The molecule has 0 aromatic heterocycles. The van der Waals surface area contributed by atoms with Crippen molar-refractivity contribution in [2.24, 2.45) is 5.92 Å². The molecule has 0 heteroatoms. The van der Waals surface area contributed by atoms with Gasteiger partial charge in [-0.1, -0.05) is 94.2 Å². The van der Waals surface area contributed by atoms with Gasteiger partial charge in [-0.3, -0.25) is 0 Å². The van der Waals surface area contributed by atoms with Gasteiger partial charge >= 0.3 is 0 Å². The van der Waals surface area contributed by atoms with Crippen LogP contribution in [0, 0.1) is 5.92 Å². The average molecular weight is 409 g/mol. The minimum Gasteiger partial charge on any atom is -0.0949 e. The lowest BCUT2D eigenvalue weighted by Gasteiger charge is -2.21. The molecule has 4 aliphatic rings. The van der Waals surface area contributed by atoms with Gasteiger partial charge < -0.3 is 0 Å². The van der Waals surface area contributed by atoms with Crippen molar-refractivity contribution in [1.82, 2.24) is 0 Å². The molecular formula is C31H36. The minimum atomic E-state index is 0.904. The molecule has 0 saturated heterocycles. The van der Waals surface area contributed by atoms with E-state index in [1.54, 1.807) is 5.56 Å². The van der Waals surface area contributed by atoms with Gasteiger partial charge in [-0.2, -0.15) is 0 Å². The molecule has 0 N–H and O–H groups in total. The van der Waals surface area contributed by atoms with Crippen LogP contribution in [0.25, 0.3) is 6.08 Å². The highest BCUT2D eigenvalue weighted by atomic mass is 14.3. The highest BCUT2D eigenvalue weighted by molar-refractivity contribution is 5.72. The zero-order valence-electron chi connectivity index (χ0n) is 19.2. The van der Waals surface area contributed by atoms with E-state index in [4.69, 9.17) is 0 Å². The number of rotatable bonds is 7. The predicted molar refractivity (Wildman–Crippen MR) is 134 cm³/mol. The minimum absolute atomic E-state index is 0.904. The summed E-state index contributed by atoms with van der Waals surface area (Å²) in [5, 5.41) is 0. The second-order valence-electron chi connectivity index (χ2n) is 9.89. The Labute approximate surface area is 188 Å². The van der Waals surface area contributed by atoms with E-state index in [0.29, 0.717) is 0 Å². The molecule has 0 spiro atoms. The van der Waals surface area contributed by atoms with Crippen molar-refractivity contribution < 1.29 is 0 Å². The fraction of sp³-hybridized carbons (Fsp3) is 0.419. The van der Waals surface area contributed by atoms with Gasteiger partial charge in [0, 0.05) is 0 Å². The van der Waals surface area contributed by atoms with Crippen molar-refractivity contribution in [1.29, 1.82) is 0 Å². The molecule has 0 bridgehead atoms. The molecule has 0 aliphatic heterocycles. The number of hydrogen-bond acceptors (Lipinski definition) is 0. The maximum absolute atomic E-state index is 4.47. The van der Waals surface area contributed by atoms with Gasteiger partial charge in [0.25, 0.3) is 0 Å². The first-order chi connectivity index (χ1) is 15.2. The second-order valence-corrected chi connectivity index (χ2v) is 9.89. The topological polar surface area (TPSA) is 0 Å². The second kappa shape index (κ2) is 9.03. The van der Waals surface area contributed by atoms with Crippen LogP contribution in [-0.4, -0.2) is 0 Å². The maximum atomic E-state index is 4.47. The molecule has 4 aliphatic carbocycles. The van der Waals surface area contributed by atoms with Gasteiger partial charge in [0.2, 0.25) is 0 Å². The first-order valence-corrected chi connectivity index (χ1v) is 12.5. The van der Waals surface area contributed by atoms with Gasteiger partial charge in [0.15, 0.2) is 0 Å². The van der Waals surface area contributed by atoms with Crippen LogP contribution in [0.1, 0.15) is 81.4 Å². The zero-order valence-corrected chi connectivity index (χ0v) is 19.2. The molecular weight excluding hydrogens is 372 g/mol. The molecule has 0 nitrogen and oxygen atoms in total. The fourth-order valence-corrected chi connectivity index (χ4v) is 6.06. The average Bonchev–Trinajstić information content (AvgIpc) is 3.53. The molecule has 0 radical (unpaired) electrons. The summed E-state index contributed by atoms with van der Waals surface area (Å²) in [7, 11) is 0. The Morgan fingerprint density at radius 1 is 0.968 bits per heavy atom. The molecule has 0 amide bonds. The van der Waals surface area contributed by atoms with Gasteiger partial charge in [0.1, 0.15) is 0 Å². The van der Waals surface area contributed by atoms with Crippen molar-refractivity contribution in [3.8, 4) is 0 Å². The number of hydrogen-bond donors (Lipinski definition) is 0. The Balaban J connectivity index is 1.28. The molecule has 0 atom stereocenters. The van der Waals surface area contributed by atoms with Crippen molar-refractivity contribution in [2.45, 2.75) is 77.6 Å². The maximum Gasteiger partial charge on any atom is -0.00137 e. The van der Waals surface area contributed by atoms with Crippen LogP contribution in [0.3, 0.4) is 0 Å². The van der Waals surface area contributed by atoms with Crippen molar-refractivity contribution in [3.63, 3.8) is 0 Å². The Kier molecular flexibility index (Phi) is 5.99. The monoisotopic (exact) mass is 408 g/mol. The highest BCUT2D eigenvalue weighted by Crippen LogP contribution is 2.40. The third-order valence-electron chi connectivity index (χ3n) is 7.75. The van der Waals surface area contributed by atoms with Crippen LogP contribution >= 0.6 is 0 Å². The van der Waals surface area contributed by atoms with Gasteiger partial charge in [0.05, 0.1) is 0 Å². The molecule has 160 valence electrons. The first kappa shape index (κ1) is 20.6. The lowest BCUT2D eigenvalue weighted by molar-refractivity contribution is 0.356. The van der Waals surface area contributed by atoms with Crippen LogP contribution in [0.4, 0.5) is 0 Å². The van der Waals surface area contributed by atoms with E-state index in [0.717, 1.165) is 38.0 Å². The summed E-state index contributed by atoms with van der Waals surface area (Å²) < 4.78 is 0. The summed E-state index contributed by atoms with van der Waals surface area (Å²) in [6.45, 7) is 6.72. The molecule has 31 heavy (non-hydrogen) atoms. The van der Waals surface area contributed by atoms with E-state index < -0.39 is 0 Å². The number of allylic oxidation sites excluding steroid dienone is 10. The molecule has 0 unspecified atom stereocenters. The lowest BCUT2D eigenvalue weighted by atomic mass is 9.84. The van der Waals surface area contributed by atoms with Crippen molar-refractivity contribution in [2.75, 3.05) is 0 Å². The third-order valence-corrected chi connectivity index (χ3v) is 7.75. The van der Waals surface area contributed by atoms with Crippen LogP contribution in [0.2, 0.25) is 0 Å². The Bertz CT molecular complexity index is 1030. The first-order valence-electron chi connectivity index (χ1n) is 12.5. The molecule has 1 fully saturated rings. The zero-order chi connectivity index (χ0) is 21.2. The smallest absolute Gasteiger partial charge is 0.00137 e. The number of benzene rings is 1. The van der Waals surface area contributed by atoms with Gasteiger partial charge in [-0.05, 0) is 94.6 Å². The van der Waals surface area contributed by atoms with E-state index in [9.17, 15) is 0 Å². The molecule has 1 aromatic rings. The Morgan fingerprint density at radius 2 is 1.77 bits per heavy atom. The van der Waals surface area contributed by atoms with Gasteiger partial charge in [-0.15, -0.1) is 0 Å². The standard InChI is InChI=1S/C31H36/c1-3-25-11-7-13-30(25)22(2)17-27-12-8-14-31(27)29-20-26-16-15-24(19-28(26)21-29)18-23-9-5-4-6-10-23/h11-16,19,21,23H,2-10,17-18,20H2,1H3. The Morgan fingerprint density at radius 3 is 2.61 bits per heavy atom. The SMILES string of the molecule is C=C(CC1=CCC=C1C1=Cc2cc(CC3CCCCC3)ccc2C1)C1=CCC=C1CC. The van der Waals surface area contributed by atoms with E-state index in [2.05, 4.69) is 62.1 Å². The fourth-order valence-electron chi connectivity index (χ4n) is 6.06. The lowest BCUT2D eigenvalue weighted by Crippen LogP contribution is -2.09. The van der Waals surface area contributed by atoms with Crippen LogP contribution in [0.5, 0.6) is 0 Å². The van der Waals surface area contributed by atoms with E-state index in [-0.39, 0.29) is 0 Å². The van der Waals surface area contributed by atoms with Crippen molar-refractivity contribution in [3.05, 3.63) is 99.2 Å². The van der Waals surface area contributed by atoms with E-state index in [1.807, 2.05) is 0 Å². The van der Waals surface area contributed by atoms with Crippen molar-refractivity contribution >= 4 is 6.08 Å². The summed E-state index contributed by atoms with van der Waals surface area (Å²) in [6, 6.07) is 7.28. The molecule has 0 heterocycles. The molecule has 1 aromatic carbocycles. The van der Waals surface area contributed by atoms with E-state index >= 15 is 0 Å². The predicted octanol–water partition coefficient (Wildman–Crippen LogP) is 8.62. The highest BCUT2D eigenvalue weighted by Gasteiger charge is 2.23. The summed E-state index contributed by atoms with van der Waals surface area (Å²) in [5.74, 6) is 0.904. The largest absolute Gasteiger partial charge is 0.0949 e. The summed E-state index contributed by atoms with van der Waals surface area (Å²) in [6.07, 6.45) is 25.8. The quantitative estimate of drug-likeness (QED) is 0.423. The summed E-state index contributed by atoms with van der Waals surface area (Å²) >= 11 is 0. The normalized spacial score (nSPS) is 20.7. The third kappa shape index (κ3) is 4.36. The summed E-state index contributed by atoms with van der Waals surface area (Å²) in [4.78, 5) is 0. The van der Waals surface area contributed by atoms with Crippen LogP contribution in [0.15, 0.2) is 82.5 Å². The molecule has 5 rings (SSSR count). The number of fused-ring (bicyclic) bond motifs is 1. The Hall–Kier alpha value is -2.34. The van der Waals surface area contributed by atoms with Crippen LogP contribution < -0.4 is 0 Å².